The van der Waals surface area contributed by atoms with Crippen molar-refractivity contribution in [2.45, 2.75) is 13.3 Å². The predicted molar refractivity (Wildman–Crippen MR) is 78.1 cm³/mol. The van der Waals surface area contributed by atoms with E-state index in [1.54, 1.807) is 6.92 Å². The molecule has 3 rings (SSSR count). The van der Waals surface area contributed by atoms with Crippen molar-refractivity contribution in [2.75, 3.05) is 5.32 Å². The number of anilines is 1. The number of aromatic nitrogens is 3. The van der Waals surface area contributed by atoms with Crippen LogP contribution in [0.25, 0.3) is 11.1 Å². The summed E-state index contributed by atoms with van der Waals surface area (Å²) in [6.07, 6.45) is -2.76. The molecule has 0 saturated heterocycles. The van der Waals surface area contributed by atoms with Crippen molar-refractivity contribution in [1.82, 2.24) is 15.4 Å². The maximum atomic E-state index is 13.0. The molecular formula is C15H11F3N4O2. The molecule has 0 aliphatic carbocycles. The number of benzene rings is 1. The summed E-state index contributed by atoms with van der Waals surface area (Å²) < 4.78 is 43.2. The summed E-state index contributed by atoms with van der Waals surface area (Å²) in [7, 11) is 0. The summed E-state index contributed by atoms with van der Waals surface area (Å²) in [5.74, 6) is -1.13. The Morgan fingerprint density at radius 3 is 2.62 bits per heavy atom. The SMILES string of the molecule is Cc1noc(NC(=O)c2cc(C(F)F)[nH]n2)c1-c1ccc(F)cc1. The van der Waals surface area contributed by atoms with Crippen molar-refractivity contribution in [3.05, 3.63) is 53.2 Å². The van der Waals surface area contributed by atoms with Gasteiger partial charge in [0.2, 0.25) is 5.88 Å². The van der Waals surface area contributed by atoms with E-state index in [4.69, 9.17) is 4.52 Å². The number of amides is 1. The number of carbonyl (C=O) groups excluding carboxylic acids is 1. The molecule has 9 heteroatoms. The molecule has 2 N–H and O–H groups in total. The zero-order chi connectivity index (χ0) is 17.3. The van der Waals surface area contributed by atoms with E-state index in [9.17, 15) is 18.0 Å². The summed E-state index contributed by atoms with van der Waals surface area (Å²) in [5, 5.41) is 11.8. The Morgan fingerprint density at radius 1 is 1.29 bits per heavy atom. The van der Waals surface area contributed by atoms with Crippen LogP contribution in [0.3, 0.4) is 0 Å². The van der Waals surface area contributed by atoms with E-state index in [0.717, 1.165) is 6.07 Å². The van der Waals surface area contributed by atoms with Crippen molar-refractivity contribution in [3.63, 3.8) is 0 Å². The van der Waals surface area contributed by atoms with Gasteiger partial charge in [0.15, 0.2) is 5.69 Å². The molecule has 0 bridgehead atoms. The molecule has 0 saturated carbocycles. The number of carbonyl (C=O) groups is 1. The number of alkyl halides is 2. The fourth-order valence-electron chi connectivity index (χ4n) is 2.14. The molecule has 0 fully saturated rings. The minimum absolute atomic E-state index is 0.0192. The van der Waals surface area contributed by atoms with Gasteiger partial charge in [-0.05, 0) is 30.7 Å². The average molecular weight is 336 g/mol. The van der Waals surface area contributed by atoms with Gasteiger partial charge in [0.05, 0.1) is 11.3 Å². The lowest BCUT2D eigenvalue weighted by Crippen LogP contribution is -2.12. The lowest BCUT2D eigenvalue weighted by atomic mass is 10.1. The lowest BCUT2D eigenvalue weighted by Gasteiger charge is -2.03. The Labute approximate surface area is 133 Å². The van der Waals surface area contributed by atoms with E-state index >= 15 is 0 Å². The zero-order valence-electron chi connectivity index (χ0n) is 12.3. The first-order valence-corrected chi connectivity index (χ1v) is 6.82. The van der Waals surface area contributed by atoms with Gasteiger partial charge in [-0.3, -0.25) is 15.2 Å². The van der Waals surface area contributed by atoms with E-state index in [0.29, 0.717) is 16.8 Å². The highest BCUT2D eigenvalue weighted by Crippen LogP contribution is 2.31. The molecule has 1 amide bonds. The third kappa shape index (κ3) is 3.00. The molecule has 0 aliphatic rings. The van der Waals surface area contributed by atoms with Gasteiger partial charge in [0.1, 0.15) is 11.5 Å². The number of halogens is 3. The van der Waals surface area contributed by atoms with Crippen LogP contribution in [-0.4, -0.2) is 21.3 Å². The third-order valence-electron chi connectivity index (χ3n) is 3.29. The Kier molecular flexibility index (Phi) is 4.07. The summed E-state index contributed by atoms with van der Waals surface area (Å²) in [4.78, 5) is 12.1. The van der Waals surface area contributed by atoms with Gasteiger partial charge in [-0.1, -0.05) is 17.3 Å². The quantitative estimate of drug-likeness (QED) is 0.761. The molecule has 0 spiro atoms. The van der Waals surface area contributed by atoms with Gasteiger partial charge in [-0.2, -0.15) is 5.10 Å². The zero-order valence-corrected chi connectivity index (χ0v) is 12.3. The van der Waals surface area contributed by atoms with E-state index < -0.39 is 23.8 Å². The molecule has 0 radical (unpaired) electrons. The van der Waals surface area contributed by atoms with E-state index in [1.807, 2.05) is 0 Å². The summed E-state index contributed by atoms with van der Waals surface area (Å²) in [5.41, 5.74) is 0.845. The van der Waals surface area contributed by atoms with Crippen LogP contribution in [0.1, 0.15) is 28.3 Å². The average Bonchev–Trinajstić information content (AvgIpc) is 3.16. The minimum Gasteiger partial charge on any atom is -0.337 e. The van der Waals surface area contributed by atoms with Gasteiger partial charge >= 0.3 is 0 Å². The van der Waals surface area contributed by atoms with Crippen molar-refractivity contribution in [3.8, 4) is 11.1 Å². The minimum atomic E-state index is -2.76. The second kappa shape index (κ2) is 6.19. The van der Waals surface area contributed by atoms with Crippen molar-refractivity contribution in [1.29, 1.82) is 0 Å². The van der Waals surface area contributed by atoms with E-state index in [2.05, 4.69) is 20.7 Å². The highest BCUT2D eigenvalue weighted by atomic mass is 19.3. The number of H-pyrrole nitrogens is 1. The van der Waals surface area contributed by atoms with E-state index in [-0.39, 0.29) is 11.6 Å². The first-order valence-electron chi connectivity index (χ1n) is 6.82. The Morgan fingerprint density at radius 2 is 2.00 bits per heavy atom. The predicted octanol–water partition coefficient (Wildman–Crippen LogP) is 3.70. The monoisotopic (exact) mass is 336 g/mol. The highest BCUT2D eigenvalue weighted by Gasteiger charge is 2.21. The topological polar surface area (TPSA) is 83.8 Å². The fourth-order valence-corrected chi connectivity index (χ4v) is 2.14. The second-order valence-electron chi connectivity index (χ2n) is 4.94. The molecular weight excluding hydrogens is 325 g/mol. The van der Waals surface area contributed by atoms with Gasteiger partial charge in [-0.15, -0.1) is 0 Å². The smallest absolute Gasteiger partial charge is 0.279 e. The standard InChI is InChI=1S/C15H11F3N4O2/c1-7-12(8-2-4-9(16)5-3-8)15(24-22-7)19-14(23)11-6-10(13(17)18)20-21-11/h2-6,13H,1H3,(H,19,23)(H,20,21). The highest BCUT2D eigenvalue weighted by molar-refractivity contribution is 6.04. The first-order chi connectivity index (χ1) is 11.5. The Bertz CT molecular complexity index is 871. The Hall–Kier alpha value is -3.10. The van der Waals surface area contributed by atoms with Crippen LogP contribution in [0.2, 0.25) is 0 Å². The van der Waals surface area contributed by atoms with Crippen LogP contribution >= 0.6 is 0 Å². The summed E-state index contributed by atoms with van der Waals surface area (Å²) >= 11 is 0. The maximum Gasteiger partial charge on any atom is 0.279 e. The lowest BCUT2D eigenvalue weighted by molar-refractivity contribution is 0.101. The number of nitrogens with one attached hydrogen (secondary N) is 2. The number of aryl methyl sites for hydroxylation is 1. The molecule has 0 atom stereocenters. The summed E-state index contributed by atoms with van der Waals surface area (Å²) in [6, 6.07) is 6.48. The van der Waals surface area contributed by atoms with Crippen LogP contribution in [0, 0.1) is 12.7 Å². The molecule has 6 nitrogen and oxygen atoms in total. The number of aromatic amines is 1. The van der Waals surface area contributed by atoms with Crippen LogP contribution in [0.4, 0.5) is 19.1 Å². The largest absolute Gasteiger partial charge is 0.337 e. The molecule has 2 heterocycles. The molecule has 0 aliphatic heterocycles. The molecule has 24 heavy (non-hydrogen) atoms. The third-order valence-corrected chi connectivity index (χ3v) is 3.29. The second-order valence-corrected chi connectivity index (χ2v) is 4.94. The molecule has 3 aromatic rings. The van der Waals surface area contributed by atoms with Crippen LogP contribution in [-0.2, 0) is 0 Å². The van der Waals surface area contributed by atoms with Crippen molar-refractivity contribution < 1.29 is 22.5 Å². The normalized spacial score (nSPS) is 11.0. The number of nitrogens with zero attached hydrogens (tertiary/aromatic N) is 2. The molecule has 124 valence electrons. The van der Waals surface area contributed by atoms with Crippen LogP contribution in [0.15, 0.2) is 34.9 Å². The number of hydrogen-bond donors (Lipinski definition) is 2. The van der Waals surface area contributed by atoms with Crippen LogP contribution in [0.5, 0.6) is 0 Å². The van der Waals surface area contributed by atoms with Crippen molar-refractivity contribution >= 4 is 11.8 Å². The first kappa shape index (κ1) is 15.8. The van der Waals surface area contributed by atoms with Crippen molar-refractivity contribution in [2.24, 2.45) is 0 Å². The van der Waals surface area contributed by atoms with Crippen LogP contribution < -0.4 is 5.32 Å². The van der Waals surface area contributed by atoms with Gasteiger partial charge in [0.25, 0.3) is 12.3 Å². The maximum absolute atomic E-state index is 13.0. The Balaban J connectivity index is 1.87. The number of hydrogen-bond acceptors (Lipinski definition) is 4. The van der Waals surface area contributed by atoms with Gasteiger partial charge in [-0.25, -0.2) is 13.2 Å². The molecule has 0 unspecified atom stereocenters. The van der Waals surface area contributed by atoms with Gasteiger partial charge in [0, 0.05) is 0 Å². The van der Waals surface area contributed by atoms with E-state index in [1.165, 1.54) is 24.3 Å². The molecule has 1 aromatic carbocycles. The molecule has 2 aromatic heterocycles. The number of rotatable bonds is 4. The fraction of sp³-hybridized carbons (Fsp3) is 0.133. The summed E-state index contributed by atoms with van der Waals surface area (Å²) in [6.45, 7) is 1.65. The van der Waals surface area contributed by atoms with Gasteiger partial charge < -0.3 is 4.52 Å².